The number of amides is 1. The number of hydrogen-bond acceptors (Lipinski definition) is 5. The van der Waals surface area contributed by atoms with Gasteiger partial charge >= 0.3 is 0 Å². The fourth-order valence-electron chi connectivity index (χ4n) is 2.55. The molecule has 2 heterocycles. The van der Waals surface area contributed by atoms with Gasteiger partial charge in [-0.25, -0.2) is 4.98 Å². The molecule has 1 aromatic carbocycles. The van der Waals surface area contributed by atoms with E-state index in [9.17, 15) is 9.59 Å². The molecule has 0 radical (unpaired) electrons. The third-order valence-corrected chi connectivity index (χ3v) is 4.17. The third kappa shape index (κ3) is 5.44. The van der Waals surface area contributed by atoms with Crippen molar-refractivity contribution in [1.82, 2.24) is 14.9 Å². The Hall–Kier alpha value is -3.61. The van der Waals surface area contributed by atoms with Gasteiger partial charge in [-0.05, 0) is 42.8 Å². The monoisotopic (exact) mass is 393 g/mol. The molecule has 0 bridgehead atoms. The van der Waals surface area contributed by atoms with Crippen LogP contribution in [-0.4, -0.2) is 22.1 Å². The lowest BCUT2D eigenvalue weighted by Crippen LogP contribution is -2.26. The number of nitrogens with zero attached hydrogens (tertiary/aromatic N) is 2. The summed E-state index contributed by atoms with van der Waals surface area (Å²) in [6.45, 7) is 2.93. The van der Waals surface area contributed by atoms with Gasteiger partial charge in [-0.3, -0.25) is 9.59 Å². The van der Waals surface area contributed by atoms with Crippen LogP contribution >= 0.6 is 0 Å². The molecule has 0 aliphatic carbocycles. The molecule has 0 fully saturated rings. The van der Waals surface area contributed by atoms with E-state index < -0.39 is 0 Å². The molecule has 0 unspecified atom stereocenters. The molecule has 0 atom stereocenters. The van der Waals surface area contributed by atoms with E-state index in [0.717, 1.165) is 17.7 Å². The Balaban J connectivity index is 1.66. The second-order valence-electron chi connectivity index (χ2n) is 6.44. The Bertz CT molecular complexity index is 1030. The maximum Gasteiger partial charge on any atom is 0.251 e. The summed E-state index contributed by atoms with van der Waals surface area (Å²) < 4.78 is 12.8. The van der Waals surface area contributed by atoms with E-state index in [2.05, 4.69) is 17.2 Å². The molecule has 29 heavy (non-hydrogen) atoms. The van der Waals surface area contributed by atoms with Crippen molar-refractivity contribution in [2.75, 3.05) is 6.61 Å². The van der Waals surface area contributed by atoms with Gasteiger partial charge in [-0.1, -0.05) is 13.0 Å². The Morgan fingerprint density at radius 3 is 2.62 bits per heavy atom. The summed E-state index contributed by atoms with van der Waals surface area (Å²) in [4.78, 5) is 28.3. The lowest BCUT2D eigenvalue weighted by atomic mass is 10.2. The van der Waals surface area contributed by atoms with Crippen molar-refractivity contribution in [3.05, 3.63) is 82.4 Å². The molecule has 1 N–H and O–H groups in total. The second-order valence-corrected chi connectivity index (χ2v) is 6.44. The van der Waals surface area contributed by atoms with Gasteiger partial charge in [0.2, 0.25) is 5.88 Å². The van der Waals surface area contributed by atoms with Gasteiger partial charge in [-0.15, -0.1) is 0 Å². The lowest BCUT2D eigenvalue weighted by Gasteiger charge is -2.11. The van der Waals surface area contributed by atoms with Crippen molar-refractivity contribution < 1.29 is 14.3 Å². The molecule has 0 aliphatic heterocycles. The lowest BCUT2D eigenvalue weighted by molar-refractivity contribution is 0.0950. The predicted octanol–water partition coefficient (Wildman–Crippen LogP) is 3.29. The molecule has 3 rings (SSSR count). The van der Waals surface area contributed by atoms with E-state index in [4.69, 9.17) is 9.47 Å². The number of nitrogens with one attached hydrogen (secondary N) is 1. The SMILES string of the molecule is CCCOc1ccc(Oc2ncccc2CNC(=O)c2ccn(C)c(=O)c2)cc1. The molecule has 0 saturated heterocycles. The Labute approximate surface area is 168 Å². The zero-order valence-electron chi connectivity index (χ0n) is 16.4. The van der Waals surface area contributed by atoms with Gasteiger partial charge in [0.25, 0.3) is 11.5 Å². The molecule has 0 spiro atoms. The highest BCUT2D eigenvalue weighted by Gasteiger charge is 2.10. The number of carbonyl (C=O) groups excluding carboxylic acids is 1. The number of ether oxygens (including phenoxy) is 2. The van der Waals surface area contributed by atoms with Crippen molar-refractivity contribution in [2.45, 2.75) is 19.9 Å². The van der Waals surface area contributed by atoms with Gasteiger partial charge in [0, 0.05) is 43.2 Å². The first-order chi connectivity index (χ1) is 14.1. The van der Waals surface area contributed by atoms with E-state index >= 15 is 0 Å². The number of aromatic nitrogens is 2. The first kappa shape index (κ1) is 20.1. The van der Waals surface area contributed by atoms with Crippen molar-refractivity contribution >= 4 is 5.91 Å². The normalized spacial score (nSPS) is 10.4. The zero-order valence-corrected chi connectivity index (χ0v) is 16.4. The van der Waals surface area contributed by atoms with E-state index in [1.165, 1.54) is 10.6 Å². The summed E-state index contributed by atoms with van der Waals surface area (Å²) in [5.41, 5.74) is 0.785. The summed E-state index contributed by atoms with van der Waals surface area (Å²) in [5.74, 6) is 1.46. The van der Waals surface area contributed by atoms with Crippen LogP contribution in [0.2, 0.25) is 0 Å². The van der Waals surface area contributed by atoms with Gasteiger partial charge in [0.1, 0.15) is 11.5 Å². The topological polar surface area (TPSA) is 82.4 Å². The van der Waals surface area contributed by atoms with E-state index in [1.54, 1.807) is 31.6 Å². The third-order valence-electron chi connectivity index (χ3n) is 4.17. The van der Waals surface area contributed by atoms with Crippen molar-refractivity contribution in [1.29, 1.82) is 0 Å². The summed E-state index contributed by atoms with van der Waals surface area (Å²) >= 11 is 0. The molecule has 1 amide bonds. The Morgan fingerprint density at radius 2 is 1.90 bits per heavy atom. The molecule has 0 aliphatic rings. The van der Waals surface area contributed by atoms with Crippen LogP contribution in [0.3, 0.4) is 0 Å². The van der Waals surface area contributed by atoms with Crippen LogP contribution in [0.4, 0.5) is 0 Å². The number of hydrogen-bond donors (Lipinski definition) is 1. The number of carbonyl (C=O) groups is 1. The van der Waals surface area contributed by atoms with Crippen LogP contribution in [0.1, 0.15) is 29.3 Å². The highest BCUT2D eigenvalue weighted by Crippen LogP contribution is 2.25. The number of benzene rings is 1. The minimum atomic E-state index is -0.338. The maximum atomic E-state index is 12.3. The van der Waals surface area contributed by atoms with Crippen LogP contribution < -0.4 is 20.3 Å². The van der Waals surface area contributed by atoms with E-state index in [-0.39, 0.29) is 18.0 Å². The van der Waals surface area contributed by atoms with Gasteiger partial charge < -0.3 is 19.4 Å². The predicted molar refractivity (Wildman–Crippen MR) is 109 cm³/mol. The zero-order chi connectivity index (χ0) is 20.6. The minimum Gasteiger partial charge on any atom is -0.494 e. The smallest absolute Gasteiger partial charge is 0.251 e. The van der Waals surface area contributed by atoms with Crippen molar-refractivity contribution in [3.63, 3.8) is 0 Å². The molecular formula is C22H23N3O4. The van der Waals surface area contributed by atoms with E-state index in [1.807, 2.05) is 30.3 Å². The maximum absolute atomic E-state index is 12.3. The van der Waals surface area contributed by atoms with Crippen molar-refractivity contribution in [2.24, 2.45) is 7.05 Å². The van der Waals surface area contributed by atoms with Crippen LogP contribution in [0.5, 0.6) is 17.4 Å². The molecule has 7 heteroatoms. The summed E-state index contributed by atoms with van der Waals surface area (Å²) in [6.07, 6.45) is 4.13. The standard InChI is InChI=1S/C22H23N3O4/c1-3-13-28-18-6-8-19(9-7-18)29-22-17(5-4-11-23-22)15-24-21(27)16-10-12-25(2)20(26)14-16/h4-12,14H,3,13,15H2,1-2H3,(H,24,27). The average Bonchev–Trinajstić information content (AvgIpc) is 2.74. The van der Waals surface area contributed by atoms with Gasteiger partial charge in [0.05, 0.1) is 6.61 Å². The fraction of sp³-hybridized carbons (Fsp3) is 0.227. The molecule has 3 aromatic rings. The summed E-state index contributed by atoms with van der Waals surface area (Å²) in [7, 11) is 1.63. The molecule has 150 valence electrons. The number of aryl methyl sites for hydroxylation is 1. The highest BCUT2D eigenvalue weighted by atomic mass is 16.5. The van der Waals surface area contributed by atoms with E-state index in [0.29, 0.717) is 23.8 Å². The number of pyridine rings is 2. The quantitative estimate of drug-likeness (QED) is 0.635. The first-order valence-electron chi connectivity index (χ1n) is 9.36. The Kier molecular flexibility index (Phi) is 6.63. The number of rotatable bonds is 8. The van der Waals surface area contributed by atoms with Gasteiger partial charge in [-0.2, -0.15) is 0 Å². The van der Waals surface area contributed by atoms with Crippen LogP contribution in [0, 0.1) is 0 Å². The second kappa shape index (κ2) is 9.54. The first-order valence-corrected chi connectivity index (χ1v) is 9.36. The molecule has 2 aromatic heterocycles. The molecule has 7 nitrogen and oxygen atoms in total. The van der Waals surface area contributed by atoms with Gasteiger partial charge in [0.15, 0.2) is 0 Å². The average molecular weight is 393 g/mol. The van der Waals surface area contributed by atoms with Crippen molar-refractivity contribution in [3.8, 4) is 17.4 Å². The molecular weight excluding hydrogens is 370 g/mol. The fourth-order valence-corrected chi connectivity index (χ4v) is 2.55. The van der Waals surface area contributed by atoms with Crippen LogP contribution in [0.15, 0.2) is 65.7 Å². The summed E-state index contributed by atoms with van der Waals surface area (Å²) in [6, 6.07) is 13.8. The van der Waals surface area contributed by atoms with Crippen LogP contribution in [-0.2, 0) is 13.6 Å². The molecule has 0 saturated carbocycles. The highest BCUT2D eigenvalue weighted by molar-refractivity contribution is 5.93. The largest absolute Gasteiger partial charge is 0.494 e. The minimum absolute atomic E-state index is 0.217. The van der Waals surface area contributed by atoms with Crippen LogP contribution in [0.25, 0.3) is 0 Å². The Morgan fingerprint density at radius 1 is 1.14 bits per heavy atom. The summed E-state index contributed by atoms with van der Waals surface area (Å²) in [5, 5.41) is 2.79.